The maximum atomic E-state index is 12.9. The molecule has 19 heavy (non-hydrogen) atoms. The van der Waals surface area contributed by atoms with Crippen molar-refractivity contribution in [1.29, 1.82) is 0 Å². The zero-order valence-corrected chi connectivity index (χ0v) is 10.1. The third-order valence-electron chi connectivity index (χ3n) is 2.67. The van der Waals surface area contributed by atoms with Crippen LogP contribution >= 0.6 is 0 Å². The first-order chi connectivity index (χ1) is 9.04. The first-order valence-electron chi connectivity index (χ1n) is 5.79. The Labute approximate surface area is 108 Å². The molecule has 1 saturated heterocycles. The Balaban J connectivity index is 1.95. The van der Waals surface area contributed by atoms with Gasteiger partial charge in [-0.05, 0) is 12.1 Å². The number of hydrogen-bond acceptors (Lipinski definition) is 3. The summed E-state index contributed by atoms with van der Waals surface area (Å²) in [6.07, 6.45) is 0. The summed E-state index contributed by atoms with van der Waals surface area (Å²) in [5.74, 6) is -2.20. The van der Waals surface area contributed by atoms with E-state index in [2.05, 4.69) is 10.6 Å². The highest BCUT2D eigenvalue weighted by Gasteiger charge is 2.20. The summed E-state index contributed by atoms with van der Waals surface area (Å²) >= 11 is 0. The van der Waals surface area contributed by atoms with E-state index < -0.39 is 17.5 Å². The van der Waals surface area contributed by atoms with Crippen molar-refractivity contribution in [3.8, 4) is 0 Å². The van der Waals surface area contributed by atoms with Gasteiger partial charge in [-0.2, -0.15) is 0 Å². The number of nitrogens with one attached hydrogen (secondary N) is 2. The SMILES string of the molecule is O=C(CN1CCNCC1=O)Nc1cc(F)cc(F)c1. The summed E-state index contributed by atoms with van der Waals surface area (Å²) < 4.78 is 25.9. The van der Waals surface area contributed by atoms with Crippen LogP contribution in [0.4, 0.5) is 14.5 Å². The van der Waals surface area contributed by atoms with Crippen LogP contribution in [0.1, 0.15) is 0 Å². The van der Waals surface area contributed by atoms with Crippen LogP contribution in [-0.2, 0) is 9.59 Å². The number of amides is 2. The van der Waals surface area contributed by atoms with E-state index in [0.29, 0.717) is 13.1 Å². The van der Waals surface area contributed by atoms with Gasteiger partial charge in [0.1, 0.15) is 11.6 Å². The maximum absolute atomic E-state index is 12.9. The molecular weight excluding hydrogens is 256 g/mol. The zero-order valence-electron chi connectivity index (χ0n) is 10.1. The lowest BCUT2D eigenvalue weighted by Crippen LogP contribution is -2.50. The van der Waals surface area contributed by atoms with Gasteiger partial charge in [0.2, 0.25) is 11.8 Å². The molecule has 2 N–H and O–H groups in total. The quantitative estimate of drug-likeness (QED) is 0.831. The monoisotopic (exact) mass is 269 g/mol. The minimum Gasteiger partial charge on any atom is -0.331 e. The fraction of sp³-hybridized carbons (Fsp3) is 0.333. The van der Waals surface area contributed by atoms with Crippen LogP contribution in [0.25, 0.3) is 0 Å². The van der Waals surface area contributed by atoms with Gasteiger partial charge >= 0.3 is 0 Å². The average Bonchev–Trinajstić information content (AvgIpc) is 2.30. The molecule has 0 bridgehead atoms. The van der Waals surface area contributed by atoms with Crippen molar-refractivity contribution in [1.82, 2.24) is 10.2 Å². The van der Waals surface area contributed by atoms with Gasteiger partial charge in [0.15, 0.2) is 0 Å². The Morgan fingerprint density at radius 3 is 2.63 bits per heavy atom. The Hall–Kier alpha value is -2.02. The number of anilines is 1. The van der Waals surface area contributed by atoms with Crippen molar-refractivity contribution in [3.05, 3.63) is 29.8 Å². The second-order valence-corrected chi connectivity index (χ2v) is 4.20. The molecule has 0 radical (unpaired) electrons. The fourth-order valence-electron chi connectivity index (χ4n) is 1.81. The van der Waals surface area contributed by atoms with Crippen LogP contribution in [0.15, 0.2) is 18.2 Å². The number of rotatable bonds is 3. The van der Waals surface area contributed by atoms with Gasteiger partial charge in [-0.25, -0.2) is 8.78 Å². The van der Waals surface area contributed by atoms with Crippen molar-refractivity contribution >= 4 is 17.5 Å². The molecule has 1 aromatic carbocycles. The van der Waals surface area contributed by atoms with E-state index in [9.17, 15) is 18.4 Å². The standard InChI is InChI=1S/C12H13F2N3O2/c13-8-3-9(14)5-10(4-8)16-11(18)7-17-2-1-15-6-12(17)19/h3-5,15H,1-2,6-7H2,(H,16,18). The van der Waals surface area contributed by atoms with E-state index in [1.54, 1.807) is 0 Å². The molecule has 2 amide bonds. The molecule has 5 nitrogen and oxygen atoms in total. The molecule has 7 heteroatoms. The van der Waals surface area contributed by atoms with Crippen LogP contribution in [0.3, 0.4) is 0 Å². The number of nitrogens with zero attached hydrogens (tertiary/aromatic N) is 1. The number of carbonyl (C=O) groups excluding carboxylic acids is 2. The number of halogens is 2. The largest absolute Gasteiger partial charge is 0.331 e. The number of carbonyl (C=O) groups is 2. The minimum absolute atomic E-state index is 0.0325. The number of hydrogen-bond donors (Lipinski definition) is 2. The maximum Gasteiger partial charge on any atom is 0.244 e. The molecule has 1 fully saturated rings. The highest BCUT2D eigenvalue weighted by Crippen LogP contribution is 2.12. The Kier molecular flexibility index (Phi) is 4.06. The molecule has 0 spiro atoms. The van der Waals surface area contributed by atoms with Crippen LogP contribution in [0.5, 0.6) is 0 Å². The summed E-state index contributed by atoms with van der Waals surface area (Å²) in [6, 6.07) is 2.75. The predicted molar refractivity (Wildman–Crippen MR) is 64.4 cm³/mol. The van der Waals surface area contributed by atoms with Crippen molar-refractivity contribution in [2.75, 3.05) is 31.5 Å². The zero-order chi connectivity index (χ0) is 13.8. The van der Waals surface area contributed by atoms with E-state index in [0.717, 1.165) is 18.2 Å². The molecule has 0 aromatic heterocycles. The lowest BCUT2D eigenvalue weighted by molar-refractivity contribution is -0.135. The smallest absolute Gasteiger partial charge is 0.244 e. The van der Waals surface area contributed by atoms with E-state index in [1.807, 2.05) is 0 Å². The molecular formula is C12H13F2N3O2. The lowest BCUT2D eigenvalue weighted by atomic mass is 10.3. The summed E-state index contributed by atoms with van der Waals surface area (Å²) in [4.78, 5) is 24.5. The van der Waals surface area contributed by atoms with Crippen molar-refractivity contribution in [3.63, 3.8) is 0 Å². The molecule has 0 atom stereocenters. The van der Waals surface area contributed by atoms with Crippen LogP contribution < -0.4 is 10.6 Å². The van der Waals surface area contributed by atoms with Gasteiger partial charge in [0.25, 0.3) is 0 Å². The van der Waals surface area contributed by atoms with Gasteiger partial charge in [-0.1, -0.05) is 0 Å². The third kappa shape index (κ3) is 3.72. The summed E-state index contributed by atoms with van der Waals surface area (Å²) in [5.41, 5.74) is 0.0325. The topological polar surface area (TPSA) is 61.4 Å². The molecule has 1 heterocycles. The minimum atomic E-state index is -0.770. The molecule has 102 valence electrons. The highest BCUT2D eigenvalue weighted by molar-refractivity contribution is 5.94. The molecule has 0 saturated carbocycles. The predicted octanol–water partition coefficient (Wildman–Crippen LogP) is 0.335. The van der Waals surface area contributed by atoms with Crippen molar-refractivity contribution in [2.24, 2.45) is 0 Å². The first-order valence-corrected chi connectivity index (χ1v) is 5.79. The van der Waals surface area contributed by atoms with Gasteiger partial charge in [-0.15, -0.1) is 0 Å². The Morgan fingerprint density at radius 1 is 1.32 bits per heavy atom. The van der Waals surface area contributed by atoms with Crippen molar-refractivity contribution in [2.45, 2.75) is 0 Å². The fourth-order valence-corrected chi connectivity index (χ4v) is 1.81. The van der Waals surface area contributed by atoms with E-state index in [-0.39, 0.29) is 24.7 Å². The van der Waals surface area contributed by atoms with Crippen LogP contribution in [0.2, 0.25) is 0 Å². The average molecular weight is 269 g/mol. The molecule has 2 rings (SSSR count). The summed E-state index contributed by atoms with van der Waals surface area (Å²) in [5, 5.41) is 5.24. The molecule has 1 aliphatic rings. The number of piperazine rings is 1. The molecule has 0 unspecified atom stereocenters. The Bertz CT molecular complexity index is 487. The normalized spacial score (nSPS) is 15.5. The van der Waals surface area contributed by atoms with Gasteiger partial charge in [-0.3, -0.25) is 9.59 Å². The second kappa shape index (κ2) is 5.75. The van der Waals surface area contributed by atoms with Gasteiger partial charge < -0.3 is 15.5 Å². The van der Waals surface area contributed by atoms with E-state index >= 15 is 0 Å². The van der Waals surface area contributed by atoms with Gasteiger partial charge in [0, 0.05) is 24.8 Å². The second-order valence-electron chi connectivity index (χ2n) is 4.20. The number of benzene rings is 1. The highest BCUT2D eigenvalue weighted by atomic mass is 19.1. The first kappa shape index (κ1) is 13.4. The Morgan fingerprint density at radius 2 is 2.00 bits per heavy atom. The molecule has 1 aromatic rings. The molecule has 0 aliphatic carbocycles. The van der Waals surface area contributed by atoms with Gasteiger partial charge in [0.05, 0.1) is 13.1 Å². The molecule has 1 aliphatic heterocycles. The third-order valence-corrected chi connectivity index (χ3v) is 2.67. The van der Waals surface area contributed by atoms with E-state index in [1.165, 1.54) is 4.90 Å². The van der Waals surface area contributed by atoms with E-state index in [4.69, 9.17) is 0 Å². The van der Waals surface area contributed by atoms with Crippen molar-refractivity contribution < 1.29 is 18.4 Å². The summed E-state index contributed by atoms with van der Waals surface area (Å²) in [6.45, 7) is 1.12. The van der Waals surface area contributed by atoms with Crippen LogP contribution in [-0.4, -0.2) is 42.9 Å². The van der Waals surface area contributed by atoms with Crippen LogP contribution in [0, 0.1) is 11.6 Å². The summed E-state index contributed by atoms with van der Waals surface area (Å²) in [7, 11) is 0. The lowest BCUT2D eigenvalue weighted by Gasteiger charge is -2.26.